The summed E-state index contributed by atoms with van der Waals surface area (Å²) < 4.78 is 5.31. The molecule has 0 atom stereocenters. The van der Waals surface area contributed by atoms with Crippen molar-refractivity contribution in [2.45, 2.75) is 26.7 Å². The van der Waals surface area contributed by atoms with Gasteiger partial charge in [-0.2, -0.15) is 0 Å². The highest BCUT2D eigenvalue weighted by Crippen LogP contribution is 2.35. The van der Waals surface area contributed by atoms with E-state index in [0.717, 1.165) is 45.6 Å². The third-order valence-electron chi connectivity index (χ3n) is 3.65. The Hall–Kier alpha value is -2.07. The molecule has 0 spiro atoms. The number of H-pyrrole nitrogens is 1. The molecule has 2 heterocycles. The average molecular weight is 303 g/mol. The fourth-order valence-electron chi connectivity index (χ4n) is 2.72. The summed E-state index contributed by atoms with van der Waals surface area (Å²) in [4.78, 5) is 14.8. The lowest BCUT2D eigenvalue weighted by molar-refractivity contribution is -0.111. The van der Waals surface area contributed by atoms with Crippen LogP contribution in [-0.4, -0.2) is 15.4 Å². The summed E-state index contributed by atoms with van der Waals surface area (Å²) in [5, 5.41) is 4.71. The molecule has 2 aromatic heterocycles. The molecule has 1 N–H and O–H groups in total. The zero-order chi connectivity index (χ0) is 15.0. The second-order valence-corrected chi connectivity index (χ2v) is 5.39. The van der Waals surface area contributed by atoms with E-state index >= 15 is 0 Å². The number of carbonyl (C=O) groups excluding carboxylic acids is 1. The van der Waals surface area contributed by atoms with Gasteiger partial charge < -0.3 is 9.51 Å². The van der Waals surface area contributed by atoms with Gasteiger partial charge in [-0.3, -0.25) is 4.79 Å². The van der Waals surface area contributed by atoms with Gasteiger partial charge in [0.2, 0.25) is 5.24 Å². The van der Waals surface area contributed by atoms with E-state index in [2.05, 4.69) is 10.1 Å². The van der Waals surface area contributed by atoms with E-state index in [-0.39, 0.29) is 11.7 Å². The number of nitrogens with zero attached hydrogens (tertiary/aromatic N) is 1. The molecule has 0 radical (unpaired) electrons. The number of fused-ring (bicyclic) bond motifs is 1. The van der Waals surface area contributed by atoms with Crippen LogP contribution in [0.4, 0.5) is 0 Å². The summed E-state index contributed by atoms with van der Waals surface area (Å²) in [5.41, 5.74) is 4.56. The minimum atomic E-state index is -0.381. The second-order valence-electron chi connectivity index (χ2n) is 4.97. The van der Waals surface area contributed by atoms with Crippen LogP contribution in [0.3, 0.4) is 0 Å². The highest BCUT2D eigenvalue weighted by molar-refractivity contribution is 6.63. The van der Waals surface area contributed by atoms with Gasteiger partial charge in [-0.15, -0.1) is 0 Å². The van der Waals surface area contributed by atoms with Crippen molar-refractivity contribution in [3.63, 3.8) is 0 Å². The van der Waals surface area contributed by atoms with Crippen LogP contribution in [0.2, 0.25) is 0 Å². The molecule has 0 aliphatic carbocycles. The Morgan fingerprint density at radius 3 is 2.86 bits per heavy atom. The largest absolute Gasteiger partial charge is 0.361 e. The van der Waals surface area contributed by atoms with E-state index in [1.54, 1.807) is 0 Å². The lowest BCUT2D eigenvalue weighted by atomic mass is 10.0. The molecule has 0 amide bonds. The van der Waals surface area contributed by atoms with Gasteiger partial charge >= 0.3 is 0 Å². The fraction of sp³-hybridized carbons (Fsp3) is 0.250. The van der Waals surface area contributed by atoms with E-state index in [4.69, 9.17) is 16.1 Å². The second kappa shape index (κ2) is 5.37. The predicted octanol–water partition coefficient (Wildman–Crippen LogP) is 4.00. The molecule has 108 valence electrons. The van der Waals surface area contributed by atoms with Crippen molar-refractivity contribution in [2.75, 3.05) is 0 Å². The lowest BCUT2D eigenvalue weighted by Crippen LogP contribution is -1.96. The van der Waals surface area contributed by atoms with Crippen LogP contribution in [0.25, 0.3) is 22.2 Å². The number of benzene rings is 1. The van der Waals surface area contributed by atoms with Crippen molar-refractivity contribution >= 4 is 27.7 Å². The van der Waals surface area contributed by atoms with E-state index in [9.17, 15) is 4.79 Å². The number of hydrogen-bond acceptors (Lipinski definition) is 3. The molecule has 0 fully saturated rings. The topological polar surface area (TPSA) is 58.9 Å². The summed E-state index contributed by atoms with van der Waals surface area (Å²) in [6.45, 7) is 3.90. The molecule has 21 heavy (non-hydrogen) atoms. The Morgan fingerprint density at radius 2 is 2.14 bits per heavy atom. The molecule has 3 rings (SSSR count). The minimum absolute atomic E-state index is 0.175. The summed E-state index contributed by atoms with van der Waals surface area (Å²) in [6.07, 6.45) is 0.935. The molecule has 0 saturated carbocycles. The Morgan fingerprint density at radius 1 is 1.38 bits per heavy atom. The number of aromatic amines is 1. The van der Waals surface area contributed by atoms with Crippen molar-refractivity contribution in [3.8, 4) is 11.3 Å². The van der Waals surface area contributed by atoms with Crippen LogP contribution >= 0.6 is 11.6 Å². The number of halogens is 1. The maximum atomic E-state index is 11.4. The van der Waals surface area contributed by atoms with Crippen LogP contribution in [0.15, 0.2) is 28.8 Å². The molecule has 3 aromatic rings. The maximum absolute atomic E-state index is 11.4. The standard InChI is InChI=1S/C16H15ClN2O2/c1-3-12-15(9(2)21-19-12)16-11(8-14(17)20)10-6-4-5-7-13(10)18-16/h4-7,18H,3,8H2,1-2H3. The molecule has 4 nitrogen and oxygen atoms in total. The van der Waals surface area contributed by atoms with Gasteiger partial charge in [0.15, 0.2) is 0 Å². The quantitative estimate of drug-likeness (QED) is 0.741. The van der Waals surface area contributed by atoms with Crippen molar-refractivity contribution in [1.29, 1.82) is 0 Å². The molecular formula is C16H15ClN2O2. The molecule has 0 aliphatic heterocycles. The van der Waals surface area contributed by atoms with Gasteiger partial charge in [0.1, 0.15) is 5.76 Å². The number of rotatable bonds is 4. The summed E-state index contributed by atoms with van der Waals surface area (Å²) in [6, 6.07) is 7.87. The first kappa shape index (κ1) is 13.9. The van der Waals surface area contributed by atoms with Crippen molar-refractivity contribution in [3.05, 3.63) is 41.3 Å². The van der Waals surface area contributed by atoms with Crippen molar-refractivity contribution in [1.82, 2.24) is 10.1 Å². The number of aromatic nitrogens is 2. The van der Waals surface area contributed by atoms with Gasteiger partial charge in [-0.05, 0) is 36.6 Å². The summed E-state index contributed by atoms with van der Waals surface area (Å²) in [5.74, 6) is 0.738. The van der Waals surface area contributed by atoms with E-state index in [1.807, 2.05) is 38.1 Å². The highest BCUT2D eigenvalue weighted by Gasteiger charge is 2.21. The van der Waals surface area contributed by atoms with Gasteiger partial charge in [-0.25, -0.2) is 0 Å². The lowest BCUT2D eigenvalue weighted by Gasteiger charge is -2.03. The van der Waals surface area contributed by atoms with Crippen molar-refractivity contribution in [2.24, 2.45) is 0 Å². The Labute approximate surface area is 127 Å². The molecule has 1 aromatic carbocycles. The SMILES string of the molecule is CCc1noc(C)c1-c1[nH]c2ccccc2c1CC(=O)Cl. The monoisotopic (exact) mass is 302 g/mol. The minimum Gasteiger partial charge on any atom is -0.361 e. The van der Waals surface area contributed by atoms with Crippen LogP contribution in [0.5, 0.6) is 0 Å². The molecular weight excluding hydrogens is 288 g/mol. The first-order valence-electron chi connectivity index (χ1n) is 6.85. The van der Waals surface area contributed by atoms with Gasteiger partial charge in [0.05, 0.1) is 17.0 Å². The normalized spacial score (nSPS) is 11.2. The zero-order valence-corrected chi connectivity index (χ0v) is 12.6. The van der Waals surface area contributed by atoms with Gasteiger partial charge in [-0.1, -0.05) is 30.3 Å². The first-order chi connectivity index (χ1) is 10.1. The number of para-hydroxylation sites is 1. The van der Waals surface area contributed by atoms with Crippen LogP contribution in [0.1, 0.15) is 23.9 Å². The zero-order valence-electron chi connectivity index (χ0n) is 11.9. The van der Waals surface area contributed by atoms with Crippen LogP contribution in [-0.2, 0) is 17.6 Å². The first-order valence-corrected chi connectivity index (χ1v) is 7.23. The van der Waals surface area contributed by atoms with Gasteiger partial charge in [0, 0.05) is 17.3 Å². The third-order valence-corrected chi connectivity index (χ3v) is 3.78. The predicted molar refractivity (Wildman–Crippen MR) is 82.5 cm³/mol. The molecule has 0 unspecified atom stereocenters. The Balaban J connectivity index is 2.30. The number of nitrogens with one attached hydrogen (secondary N) is 1. The van der Waals surface area contributed by atoms with E-state index < -0.39 is 0 Å². The van der Waals surface area contributed by atoms with Crippen LogP contribution in [0, 0.1) is 6.92 Å². The Bertz CT molecular complexity index is 817. The molecule has 0 saturated heterocycles. The highest BCUT2D eigenvalue weighted by atomic mass is 35.5. The molecule has 0 aliphatic rings. The van der Waals surface area contributed by atoms with Crippen LogP contribution < -0.4 is 0 Å². The third kappa shape index (κ3) is 2.36. The van der Waals surface area contributed by atoms with E-state index in [0.29, 0.717) is 0 Å². The van der Waals surface area contributed by atoms with Crippen molar-refractivity contribution < 1.29 is 9.32 Å². The van der Waals surface area contributed by atoms with Gasteiger partial charge in [0.25, 0.3) is 0 Å². The average Bonchev–Trinajstić information content (AvgIpc) is 2.99. The molecule has 0 bridgehead atoms. The Kier molecular flexibility index (Phi) is 3.55. The molecule has 5 heteroatoms. The summed E-state index contributed by atoms with van der Waals surface area (Å²) in [7, 11) is 0. The fourth-order valence-corrected chi connectivity index (χ4v) is 2.85. The smallest absolute Gasteiger partial charge is 0.226 e. The summed E-state index contributed by atoms with van der Waals surface area (Å²) >= 11 is 5.62. The maximum Gasteiger partial charge on any atom is 0.226 e. The number of aryl methyl sites for hydroxylation is 2. The number of carbonyl (C=O) groups is 1. The number of hydrogen-bond donors (Lipinski definition) is 1. The van der Waals surface area contributed by atoms with E-state index in [1.165, 1.54) is 0 Å².